The maximum Gasteiger partial charge on any atom is 0.265 e. The van der Waals surface area contributed by atoms with E-state index < -0.39 is 0 Å². The molecule has 0 saturated heterocycles. The number of amides is 2. The average Bonchev–Trinajstić information content (AvgIpc) is 2.61. The van der Waals surface area contributed by atoms with E-state index in [0.717, 1.165) is 11.3 Å². The molecule has 0 spiro atoms. The minimum Gasteiger partial charge on any atom is -0.481 e. The molecule has 0 atom stereocenters. The van der Waals surface area contributed by atoms with Gasteiger partial charge in [0.05, 0.1) is 5.69 Å². The molecule has 2 aromatic rings. The van der Waals surface area contributed by atoms with Crippen molar-refractivity contribution in [3.05, 3.63) is 59.7 Å². The Balaban J connectivity index is 1.70. The predicted octanol–water partition coefficient (Wildman–Crippen LogP) is 3.39. The molecule has 0 fully saturated rings. The van der Waals surface area contributed by atoms with Gasteiger partial charge in [0.1, 0.15) is 5.75 Å². The fourth-order valence-electron chi connectivity index (χ4n) is 2.66. The third-order valence-electron chi connectivity index (χ3n) is 3.99. The first kappa shape index (κ1) is 16.8. The number of nitrogens with one attached hydrogen (secondary N) is 1. The van der Waals surface area contributed by atoms with Crippen LogP contribution in [0.3, 0.4) is 0 Å². The minimum atomic E-state index is -0.222. The van der Waals surface area contributed by atoms with E-state index in [1.54, 1.807) is 29.2 Å². The molecule has 1 aliphatic heterocycles. The van der Waals surface area contributed by atoms with Crippen LogP contribution in [-0.2, 0) is 9.59 Å². The molecular formula is C20H20N2O3. The SMILES string of the molecule is CCN1C(=O)COc2cc(NC(=O)/C=C/c3ccc(C)cc3)ccc21. The molecule has 0 unspecified atom stereocenters. The fraction of sp³-hybridized carbons (Fsp3) is 0.200. The van der Waals surface area contributed by atoms with Gasteiger partial charge in [-0.1, -0.05) is 29.8 Å². The Morgan fingerprint density at radius 1 is 1.24 bits per heavy atom. The van der Waals surface area contributed by atoms with E-state index in [0.29, 0.717) is 18.0 Å². The van der Waals surface area contributed by atoms with Gasteiger partial charge in [-0.3, -0.25) is 9.59 Å². The fourth-order valence-corrected chi connectivity index (χ4v) is 2.66. The van der Waals surface area contributed by atoms with Crippen LogP contribution < -0.4 is 15.0 Å². The van der Waals surface area contributed by atoms with Crippen LogP contribution in [0.4, 0.5) is 11.4 Å². The van der Waals surface area contributed by atoms with Crippen molar-refractivity contribution in [2.24, 2.45) is 0 Å². The summed E-state index contributed by atoms with van der Waals surface area (Å²) >= 11 is 0. The zero-order valence-electron chi connectivity index (χ0n) is 14.3. The molecule has 128 valence electrons. The first-order valence-corrected chi connectivity index (χ1v) is 8.20. The van der Waals surface area contributed by atoms with Gasteiger partial charge in [0.2, 0.25) is 5.91 Å². The lowest BCUT2D eigenvalue weighted by atomic mass is 10.1. The Bertz CT molecular complexity index is 825. The number of anilines is 2. The van der Waals surface area contributed by atoms with E-state index in [9.17, 15) is 9.59 Å². The molecule has 0 saturated carbocycles. The molecule has 25 heavy (non-hydrogen) atoms. The number of rotatable bonds is 4. The van der Waals surface area contributed by atoms with Crippen LogP contribution in [0.1, 0.15) is 18.1 Å². The molecule has 2 aromatic carbocycles. The Morgan fingerprint density at radius 2 is 2.00 bits per heavy atom. The molecule has 0 bridgehead atoms. The maximum absolute atomic E-state index is 12.1. The van der Waals surface area contributed by atoms with Crippen molar-refractivity contribution in [1.29, 1.82) is 0 Å². The van der Waals surface area contributed by atoms with Crippen molar-refractivity contribution in [3.8, 4) is 5.75 Å². The van der Waals surface area contributed by atoms with Crippen LogP contribution in [0.15, 0.2) is 48.5 Å². The van der Waals surface area contributed by atoms with Crippen molar-refractivity contribution in [2.75, 3.05) is 23.4 Å². The molecular weight excluding hydrogens is 316 g/mol. The largest absolute Gasteiger partial charge is 0.481 e. The van der Waals surface area contributed by atoms with Gasteiger partial charge >= 0.3 is 0 Å². The second-order valence-electron chi connectivity index (χ2n) is 5.84. The number of carbonyl (C=O) groups excluding carboxylic acids is 2. The zero-order valence-corrected chi connectivity index (χ0v) is 14.3. The highest BCUT2D eigenvalue weighted by Gasteiger charge is 2.24. The number of nitrogens with zero attached hydrogens (tertiary/aromatic N) is 1. The van der Waals surface area contributed by atoms with Crippen LogP contribution >= 0.6 is 0 Å². The standard InChI is InChI=1S/C20H20N2O3/c1-3-22-17-10-9-16(12-18(17)25-13-20(22)24)21-19(23)11-8-15-6-4-14(2)5-7-15/h4-12H,3,13H2,1-2H3,(H,21,23)/b11-8+. The van der Waals surface area contributed by atoms with Crippen LogP contribution in [0.2, 0.25) is 0 Å². The van der Waals surface area contributed by atoms with Crippen molar-refractivity contribution >= 4 is 29.3 Å². The normalized spacial score (nSPS) is 13.5. The number of benzene rings is 2. The van der Waals surface area contributed by atoms with Gasteiger partial charge in [-0.15, -0.1) is 0 Å². The lowest BCUT2D eigenvalue weighted by molar-refractivity contribution is -0.121. The summed E-state index contributed by atoms with van der Waals surface area (Å²) in [6, 6.07) is 13.2. The van der Waals surface area contributed by atoms with E-state index in [1.165, 1.54) is 11.6 Å². The molecule has 1 aliphatic rings. The first-order valence-electron chi connectivity index (χ1n) is 8.20. The molecule has 5 nitrogen and oxygen atoms in total. The maximum atomic E-state index is 12.1. The Labute approximate surface area is 146 Å². The minimum absolute atomic E-state index is 0.0194. The molecule has 0 aliphatic carbocycles. The monoisotopic (exact) mass is 336 g/mol. The highest BCUT2D eigenvalue weighted by molar-refractivity contribution is 6.03. The van der Waals surface area contributed by atoms with Gasteiger partial charge in [-0.05, 0) is 37.6 Å². The van der Waals surface area contributed by atoms with Gasteiger partial charge in [0.25, 0.3) is 5.91 Å². The second kappa shape index (κ2) is 7.21. The molecule has 2 amide bonds. The third-order valence-corrected chi connectivity index (χ3v) is 3.99. The molecule has 5 heteroatoms. The van der Waals surface area contributed by atoms with Gasteiger partial charge in [-0.2, -0.15) is 0 Å². The highest BCUT2D eigenvalue weighted by Crippen LogP contribution is 2.34. The number of aryl methyl sites for hydroxylation is 1. The summed E-state index contributed by atoms with van der Waals surface area (Å²) in [5.41, 5.74) is 3.50. The summed E-state index contributed by atoms with van der Waals surface area (Å²) in [5.74, 6) is 0.314. The molecule has 3 rings (SSSR count). The van der Waals surface area contributed by atoms with Gasteiger partial charge in [-0.25, -0.2) is 0 Å². The third kappa shape index (κ3) is 3.88. The summed E-state index contributed by atoms with van der Waals surface area (Å²) < 4.78 is 5.47. The van der Waals surface area contributed by atoms with E-state index >= 15 is 0 Å². The number of hydrogen-bond acceptors (Lipinski definition) is 3. The number of fused-ring (bicyclic) bond motifs is 1. The zero-order chi connectivity index (χ0) is 17.8. The average molecular weight is 336 g/mol. The van der Waals surface area contributed by atoms with Crippen LogP contribution in [0.5, 0.6) is 5.75 Å². The Hall–Kier alpha value is -3.08. The number of ether oxygens (including phenoxy) is 1. The van der Waals surface area contributed by atoms with Crippen LogP contribution in [0, 0.1) is 6.92 Å². The smallest absolute Gasteiger partial charge is 0.265 e. The summed E-state index contributed by atoms with van der Waals surface area (Å²) in [5, 5.41) is 2.81. The van der Waals surface area contributed by atoms with Gasteiger partial charge in [0.15, 0.2) is 6.61 Å². The van der Waals surface area contributed by atoms with Crippen molar-refractivity contribution < 1.29 is 14.3 Å². The topological polar surface area (TPSA) is 58.6 Å². The summed E-state index contributed by atoms with van der Waals surface area (Å²) in [6.07, 6.45) is 3.26. The number of hydrogen-bond donors (Lipinski definition) is 1. The highest BCUT2D eigenvalue weighted by atomic mass is 16.5. The van der Waals surface area contributed by atoms with E-state index in [-0.39, 0.29) is 18.4 Å². The summed E-state index contributed by atoms with van der Waals surface area (Å²) in [6.45, 7) is 4.54. The first-order chi connectivity index (χ1) is 12.1. The van der Waals surface area contributed by atoms with E-state index in [4.69, 9.17) is 4.74 Å². The van der Waals surface area contributed by atoms with E-state index in [1.807, 2.05) is 38.1 Å². The number of carbonyl (C=O) groups is 2. The second-order valence-corrected chi connectivity index (χ2v) is 5.84. The Morgan fingerprint density at radius 3 is 2.72 bits per heavy atom. The van der Waals surface area contributed by atoms with Crippen molar-refractivity contribution in [2.45, 2.75) is 13.8 Å². The molecule has 0 radical (unpaired) electrons. The van der Waals surface area contributed by atoms with Crippen LogP contribution in [-0.4, -0.2) is 25.0 Å². The van der Waals surface area contributed by atoms with Crippen molar-refractivity contribution in [1.82, 2.24) is 0 Å². The molecule has 0 aromatic heterocycles. The van der Waals surface area contributed by atoms with Gasteiger partial charge < -0.3 is 15.0 Å². The van der Waals surface area contributed by atoms with Crippen molar-refractivity contribution in [3.63, 3.8) is 0 Å². The number of likely N-dealkylation sites (N-methyl/N-ethyl adjacent to an activating group) is 1. The molecule has 1 N–H and O–H groups in total. The van der Waals surface area contributed by atoms with Crippen LogP contribution in [0.25, 0.3) is 6.08 Å². The summed E-state index contributed by atoms with van der Waals surface area (Å²) in [7, 11) is 0. The quantitative estimate of drug-likeness (QED) is 0.871. The van der Waals surface area contributed by atoms with Gasteiger partial charge in [0, 0.05) is 24.4 Å². The Kier molecular flexibility index (Phi) is 4.84. The lowest BCUT2D eigenvalue weighted by Gasteiger charge is -2.28. The summed E-state index contributed by atoms with van der Waals surface area (Å²) in [4.78, 5) is 25.6. The van der Waals surface area contributed by atoms with E-state index in [2.05, 4.69) is 5.32 Å². The lowest BCUT2D eigenvalue weighted by Crippen LogP contribution is -2.38. The predicted molar refractivity (Wildman–Crippen MR) is 98.8 cm³/mol. The molecule has 1 heterocycles.